The van der Waals surface area contributed by atoms with Crippen LogP contribution >= 0.6 is 0 Å². The molecule has 0 radical (unpaired) electrons. The van der Waals surface area contributed by atoms with Gasteiger partial charge in [-0.2, -0.15) is 0 Å². The van der Waals surface area contributed by atoms with Crippen molar-refractivity contribution in [2.45, 2.75) is 31.7 Å². The minimum Gasteiger partial charge on any atom is -0.396 e. The second kappa shape index (κ2) is 7.97. The van der Waals surface area contributed by atoms with Crippen molar-refractivity contribution in [1.29, 1.82) is 0 Å². The summed E-state index contributed by atoms with van der Waals surface area (Å²) in [4.78, 5) is 14.7. The molecule has 2 aromatic rings. The summed E-state index contributed by atoms with van der Waals surface area (Å²) in [5.74, 6) is 0. The lowest BCUT2D eigenvalue weighted by molar-refractivity contribution is 0.169. The molecule has 0 bridgehead atoms. The second-order valence-corrected chi connectivity index (χ2v) is 6.17. The zero-order chi connectivity index (χ0) is 16.8. The largest absolute Gasteiger partial charge is 0.396 e. The first-order chi connectivity index (χ1) is 11.8. The molecule has 0 aromatic heterocycles. The van der Waals surface area contributed by atoms with Crippen molar-refractivity contribution in [3.8, 4) is 0 Å². The van der Waals surface area contributed by atoms with E-state index in [0.717, 1.165) is 24.9 Å². The fourth-order valence-corrected chi connectivity index (χ4v) is 3.41. The van der Waals surface area contributed by atoms with Gasteiger partial charge in [0.2, 0.25) is 0 Å². The van der Waals surface area contributed by atoms with Crippen LogP contribution in [0.5, 0.6) is 0 Å². The number of aryl methyl sites for hydroxylation is 1. The van der Waals surface area contributed by atoms with Crippen molar-refractivity contribution in [3.63, 3.8) is 0 Å². The van der Waals surface area contributed by atoms with Crippen molar-refractivity contribution in [1.82, 2.24) is 4.90 Å². The molecule has 4 heteroatoms. The summed E-state index contributed by atoms with van der Waals surface area (Å²) in [6, 6.07) is 17.9. The van der Waals surface area contributed by atoms with Crippen molar-refractivity contribution in [2.24, 2.45) is 0 Å². The molecule has 0 aliphatic heterocycles. The third kappa shape index (κ3) is 3.77. The van der Waals surface area contributed by atoms with Gasteiger partial charge < -0.3 is 15.3 Å². The fourth-order valence-electron chi connectivity index (χ4n) is 3.41. The summed E-state index contributed by atoms with van der Waals surface area (Å²) in [5, 5.41) is 12.2. The van der Waals surface area contributed by atoms with E-state index >= 15 is 0 Å². The molecule has 2 aromatic carbocycles. The van der Waals surface area contributed by atoms with Crippen molar-refractivity contribution >= 4 is 11.7 Å². The van der Waals surface area contributed by atoms with Gasteiger partial charge in [0, 0.05) is 18.8 Å². The molecule has 0 heterocycles. The highest BCUT2D eigenvalue weighted by Gasteiger charge is 2.28. The van der Waals surface area contributed by atoms with Gasteiger partial charge in [0.25, 0.3) is 0 Å². The number of rotatable bonds is 5. The van der Waals surface area contributed by atoms with E-state index < -0.39 is 0 Å². The highest BCUT2D eigenvalue weighted by atomic mass is 16.3. The molecule has 4 nitrogen and oxygen atoms in total. The molecule has 0 saturated carbocycles. The zero-order valence-corrected chi connectivity index (χ0v) is 13.8. The van der Waals surface area contributed by atoms with Crippen molar-refractivity contribution in [2.75, 3.05) is 18.5 Å². The van der Waals surface area contributed by atoms with Gasteiger partial charge in [0.15, 0.2) is 0 Å². The molecular weight excluding hydrogens is 300 g/mol. The first kappa shape index (κ1) is 16.5. The molecule has 1 aliphatic carbocycles. The van der Waals surface area contributed by atoms with Crippen molar-refractivity contribution < 1.29 is 9.90 Å². The quantitative estimate of drug-likeness (QED) is 0.874. The number of nitrogens with zero attached hydrogens (tertiary/aromatic N) is 1. The normalized spacial score (nSPS) is 16.3. The number of anilines is 1. The standard InChI is InChI=1S/C20H24N2O2/c23-15-7-14-22(20(24)21-17-10-2-1-3-11-17)19-13-6-9-16-8-4-5-12-18(16)19/h1-5,8,10-12,19,23H,6-7,9,13-15H2,(H,21,24). The summed E-state index contributed by atoms with van der Waals surface area (Å²) in [6.07, 6.45) is 3.70. The first-order valence-corrected chi connectivity index (χ1v) is 8.61. The maximum atomic E-state index is 12.9. The Morgan fingerprint density at radius 1 is 1.12 bits per heavy atom. The lowest BCUT2D eigenvalue weighted by atomic mass is 9.87. The molecule has 1 aliphatic rings. The summed E-state index contributed by atoms with van der Waals surface area (Å²) in [5.41, 5.74) is 3.36. The molecule has 0 saturated heterocycles. The van der Waals surface area contributed by atoms with Crippen LogP contribution in [0.25, 0.3) is 0 Å². The Bertz CT molecular complexity index is 672. The van der Waals surface area contributed by atoms with Crippen LogP contribution in [0.3, 0.4) is 0 Å². The van der Waals surface area contributed by atoms with Gasteiger partial charge in [-0.3, -0.25) is 0 Å². The monoisotopic (exact) mass is 324 g/mol. The number of nitrogens with one attached hydrogen (secondary N) is 1. The van der Waals surface area contributed by atoms with Gasteiger partial charge in [-0.1, -0.05) is 42.5 Å². The summed E-state index contributed by atoms with van der Waals surface area (Å²) < 4.78 is 0. The van der Waals surface area contributed by atoms with Gasteiger partial charge in [0.05, 0.1) is 6.04 Å². The van der Waals surface area contributed by atoms with Crippen LogP contribution in [-0.4, -0.2) is 29.2 Å². The number of urea groups is 1. The fraction of sp³-hybridized carbons (Fsp3) is 0.350. The van der Waals surface area contributed by atoms with E-state index in [9.17, 15) is 9.90 Å². The number of amides is 2. The Balaban J connectivity index is 1.83. The second-order valence-electron chi connectivity index (χ2n) is 6.17. The minimum atomic E-state index is -0.101. The van der Waals surface area contributed by atoms with E-state index in [0.29, 0.717) is 13.0 Å². The Morgan fingerprint density at radius 3 is 2.67 bits per heavy atom. The third-order valence-electron chi connectivity index (χ3n) is 4.56. The van der Waals surface area contributed by atoms with Crippen LogP contribution in [0.1, 0.15) is 36.4 Å². The molecule has 1 atom stereocenters. The lowest BCUT2D eigenvalue weighted by Crippen LogP contribution is -2.40. The molecule has 2 amide bonds. The van der Waals surface area contributed by atoms with Crippen LogP contribution in [-0.2, 0) is 6.42 Å². The molecule has 3 rings (SSSR count). The Labute approximate surface area is 143 Å². The van der Waals surface area contributed by atoms with Gasteiger partial charge in [-0.15, -0.1) is 0 Å². The number of aliphatic hydroxyl groups is 1. The number of carbonyl (C=O) groups excluding carboxylic acids is 1. The molecule has 24 heavy (non-hydrogen) atoms. The number of hydrogen-bond donors (Lipinski definition) is 2. The van der Waals surface area contributed by atoms with Gasteiger partial charge in [-0.25, -0.2) is 4.79 Å². The number of aliphatic hydroxyl groups excluding tert-OH is 1. The molecule has 1 unspecified atom stereocenters. The van der Waals surface area contributed by atoms with Crippen LogP contribution in [0.15, 0.2) is 54.6 Å². The van der Waals surface area contributed by atoms with Gasteiger partial charge >= 0.3 is 6.03 Å². The number of hydrogen-bond acceptors (Lipinski definition) is 2. The molecular formula is C20H24N2O2. The Hall–Kier alpha value is -2.33. The van der Waals surface area contributed by atoms with E-state index in [1.807, 2.05) is 41.3 Å². The van der Waals surface area contributed by atoms with E-state index in [1.54, 1.807) is 0 Å². The van der Waals surface area contributed by atoms with E-state index in [1.165, 1.54) is 11.1 Å². The number of para-hydroxylation sites is 1. The average molecular weight is 324 g/mol. The third-order valence-corrected chi connectivity index (χ3v) is 4.56. The van der Waals surface area contributed by atoms with Crippen LogP contribution in [0.4, 0.5) is 10.5 Å². The SMILES string of the molecule is O=C(Nc1ccccc1)N(CCCO)C1CCCc2ccccc21. The number of benzene rings is 2. The summed E-state index contributed by atoms with van der Waals surface area (Å²) >= 11 is 0. The molecule has 2 N–H and O–H groups in total. The molecule has 126 valence electrons. The van der Waals surface area contributed by atoms with Crippen LogP contribution in [0, 0.1) is 0 Å². The van der Waals surface area contributed by atoms with E-state index in [-0.39, 0.29) is 18.7 Å². The average Bonchev–Trinajstić information content (AvgIpc) is 2.63. The predicted molar refractivity (Wildman–Crippen MR) is 96.0 cm³/mol. The van der Waals surface area contributed by atoms with Crippen molar-refractivity contribution in [3.05, 3.63) is 65.7 Å². The number of fused-ring (bicyclic) bond motifs is 1. The van der Waals surface area contributed by atoms with E-state index in [2.05, 4.69) is 23.5 Å². The van der Waals surface area contributed by atoms with Gasteiger partial charge in [-0.05, 0) is 48.9 Å². The maximum Gasteiger partial charge on any atom is 0.322 e. The molecule has 0 spiro atoms. The summed E-state index contributed by atoms with van der Waals surface area (Å²) in [6.45, 7) is 0.637. The molecule has 0 fully saturated rings. The highest BCUT2D eigenvalue weighted by molar-refractivity contribution is 5.89. The maximum absolute atomic E-state index is 12.9. The first-order valence-electron chi connectivity index (χ1n) is 8.61. The van der Waals surface area contributed by atoms with Crippen LogP contribution in [0.2, 0.25) is 0 Å². The number of carbonyl (C=O) groups is 1. The lowest BCUT2D eigenvalue weighted by Gasteiger charge is -2.36. The van der Waals surface area contributed by atoms with Gasteiger partial charge in [0.1, 0.15) is 0 Å². The highest BCUT2D eigenvalue weighted by Crippen LogP contribution is 2.34. The van der Waals surface area contributed by atoms with E-state index in [4.69, 9.17) is 0 Å². The Kier molecular flexibility index (Phi) is 5.49. The predicted octanol–water partition coefficient (Wildman–Crippen LogP) is 3.98. The smallest absolute Gasteiger partial charge is 0.322 e. The topological polar surface area (TPSA) is 52.6 Å². The van der Waals surface area contributed by atoms with Crippen LogP contribution < -0.4 is 5.32 Å². The summed E-state index contributed by atoms with van der Waals surface area (Å²) in [7, 11) is 0. The zero-order valence-electron chi connectivity index (χ0n) is 13.8. The minimum absolute atomic E-state index is 0.0743. The Morgan fingerprint density at radius 2 is 1.88 bits per heavy atom.